The Morgan fingerprint density at radius 1 is 1.00 bits per heavy atom. The lowest BCUT2D eigenvalue weighted by molar-refractivity contribution is 0.104. The van der Waals surface area contributed by atoms with Crippen molar-refractivity contribution in [2.24, 2.45) is 0 Å². The number of benzene rings is 3. The van der Waals surface area contributed by atoms with Gasteiger partial charge in [0.1, 0.15) is 17.4 Å². The van der Waals surface area contributed by atoms with Gasteiger partial charge in [0.25, 0.3) is 0 Å². The molecule has 0 aliphatic carbocycles. The third kappa shape index (κ3) is 3.54. The predicted molar refractivity (Wildman–Crippen MR) is 115 cm³/mol. The zero-order valence-electron chi connectivity index (χ0n) is 15.8. The normalized spacial score (nSPS) is 11.2. The maximum Gasteiger partial charge on any atom is 0.203 e. The number of carbonyl (C=O) groups excluding carboxylic acids is 1. The molecule has 0 unspecified atom stereocenters. The highest BCUT2D eigenvalue weighted by Gasteiger charge is 2.17. The molecular formula is C25H18N2O2. The number of nitriles is 1. The lowest BCUT2D eigenvalue weighted by atomic mass is 9.99. The fraction of sp³-hybridized carbons (Fsp3) is 0.0400. The van der Waals surface area contributed by atoms with E-state index in [1.165, 1.54) is 0 Å². The smallest absolute Gasteiger partial charge is 0.203 e. The van der Waals surface area contributed by atoms with Gasteiger partial charge in [-0.25, -0.2) is 0 Å². The lowest BCUT2D eigenvalue weighted by Crippen LogP contribution is -2.01. The molecule has 0 aliphatic heterocycles. The molecule has 0 radical (unpaired) electrons. The van der Waals surface area contributed by atoms with Gasteiger partial charge in [-0.3, -0.25) is 4.79 Å². The summed E-state index contributed by atoms with van der Waals surface area (Å²) in [4.78, 5) is 16.3. The lowest BCUT2D eigenvalue weighted by Gasteiger charge is -2.04. The van der Waals surface area contributed by atoms with Crippen molar-refractivity contribution >= 4 is 22.8 Å². The van der Waals surface area contributed by atoms with Gasteiger partial charge in [-0.05, 0) is 29.8 Å². The molecule has 0 bridgehead atoms. The van der Waals surface area contributed by atoms with E-state index in [1.807, 2.05) is 54.6 Å². The maximum absolute atomic E-state index is 12.9. The van der Waals surface area contributed by atoms with Gasteiger partial charge < -0.3 is 9.72 Å². The second-order valence-electron chi connectivity index (χ2n) is 6.56. The highest BCUT2D eigenvalue weighted by Crippen LogP contribution is 2.34. The molecule has 0 fully saturated rings. The monoisotopic (exact) mass is 378 g/mol. The Morgan fingerprint density at radius 3 is 2.34 bits per heavy atom. The number of allylic oxidation sites excluding steroid dienone is 1. The Morgan fingerprint density at radius 2 is 1.69 bits per heavy atom. The number of ether oxygens (including phenoxy) is 1. The SMILES string of the molecule is COc1ccc2[nH]c(-c3ccccc3)c(/C=C(\C#N)C(=O)c3ccccc3)c2c1. The number of nitrogens with zero attached hydrogens (tertiary/aromatic N) is 1. The molecule has 1 aromatic heterocycles. The molecule has 29 heavy (non-hydrogen) atoms. The third-order valence-corrected chi connectivity index (χ3v) is 4.80. The molecule has 0 saturated heterocycles. The summed E-state index contributed by atoms with van der Waals surface area (Å²) >= 11 is 0. The predicted octanol–water partition coefficient (Wildman–Crippen LogP) is 5.63. The minimum atomic E-state index is -0.302. The molecule has 4 rings (SSSR count). The van der Waals surface area contributed by atoms with Crippen LogP contribution in [-0.4, -0.2) is 17.9 Å². The quantitative estimate of drug-likeness (QED) is 0.278. The summed E-state index contributed by atoms with van der Waals surface area (Å²) in [5.74, 6) is 0.406. The Bertz CT molecular complexity index is 1250. The summed E-state index contributed by atoms with van der Waals surface area (Å²) in [6.45, 7) is 0. The largest absolute Gasteiger partial charge is 0.497 e. The summed E-state index contributed by atoms with van der Waals surface area (Å²) < 4.78 is 5.37. The van der Waals surface area contributed by atoms with E-state index in [2.05, 4.69) is 11.1 Å². The number of carbonyl (C=O) groups is 1. The minimum absolute atomic E-state index is 0.0806. The van der Waals surface area contributed by atoms with Crippen molar-refractivity contribution in [3.63, 3.8) is 0 Å². The fourth-order valence-electron chi connectivity index (χ4n) is 3.34. The van der Waals surface area contributed by atoms with E-state index in [0.717, 1.165) is 27.7 Å². The van der Waals surface area contributed by atoms with Crippen LogP contribution in [0.5, 0.6) is 5.75 Å². The number of H-pyrrole nitrogens is 1. The van der Waals surface area contributed by atoms with Gasteiger partial charge in [-0.15, -0.1) is 0 Å². The molecule has 4 aromatic rings. The van der Waals surface area contributed by atoms with Crippen LogP contribution in [0.25, 0.3) is 28.2 Å². The van der Waals surface area contributed by atoms with Crippen LogP contribution in [0.4, 0.5) is 0 Å². The van der Waals surface area contributed by atoms with Gasteiger partial charge >= 0.3 is 0 Å². The molecule has 0 atom stereocenters. The number of rotatable bonds is 5. The standard InChI is InChI=1S/C25H18N2O2/c1-29-20-12-13-23-21(15-20)22(24(27-23)17-8-4-2-5-9-17)14-19(16-26)25(28)18-10-6-3-7-11-18/h2-15,27H,1H3/b19-14+. The van der Waals surface area contributed by atoms with E-state index >= 15 is 0 Å². The Kier molecular flexibility index (Phi) is 4.96. The van der Waals surface area contributed by atoms with Crippen molar-refractivity contribution in [1.82, 2.24) is 4.98 Å². The molecule has 0 amide bonds. The van der Waals surface area contributed by atoms with E-state index in [4.69, 9.17) is 4.74 Å². The third-order valence-electron chi connectivity index (χ3n) is 4.80. The number of ketones is 1. The zero-order chi connectivity index (χ0) is 20.2. The van der Waals surface area contributed by atoms with Crippen molar-refractivity contribution < 1.29 is 9.53 Å². The van der Waals surface area contributed by atoms with E-state index in [1.54, 1.807) is 37.5 Å². The zero-order valence-corrected chi connectivity index (χ0v) is 15.8. The van der Waals surface area contributed by atoms with E-state index in [-0.39, 0.29) is 11.4 Å². The Balaban J connectivity index is 1.94. The molecule has 4 nitrogen and oxygen atoms in total. The van der Waals surface area contributed by atoms with Crippen LogP contribution in [0.3, 0.4) is 0 Å². The van der Waals surface area contributed by atoms with Crippen molar-refractivity contribution in [3.8, 4) is 23.1 Å². The van der Waals surface area contributed by atoms with E-state index in [0.29, 0.717) is 11.3 Å². The van der Waals surface area contributed by atoms with Crippen LogP contribution >= 0.6 is 0 Å². The van der Waals surface area contributed by atoms with Crippen LogP contribution in [0.1, 0.15) is 15.9 Å². The highest BCUT2D eigenvalue weighted by molar-refractivity contribution is 6.15. The topological polar surface area (TPSA) is 65.9 Å². The van der Waals surface area contributed by atoms with Gasteiger partial charge in [0.15, 0.2) is 0 Å². The molecule has 1 N–H and O–H groups in total. The first-order valence-electron chi connectivity index (χ1n) is 9.18. The van der Waals surface area contributed by atoms with Crippen LogP contribution in [0.15, 0.2) is 84.4 Å². The summed E-state index contributed by atoms with van der Waals surface area (Å²) in [5.41, 5.74) is 4.07. The Hall–Kier alpha value is -4.10. The van der Waals surface area contributed by atoms with Crippen LogP contribution < -0.4 is 4.74 Å². The molecule has 0 saturated carbocycles. The number of hydrogen-bond acceptors (Lipinski definition) is 3. The van der Waals surface area contributed by atoms with Crippen LogP contribution in [-0.2, 0) is 0 Å². The second kappa shape index (κ2) is 7.87. The first-order valence-corrected chi connectivity index (χ1v) is 9.18. The van der Waals surface area contributed by atoms with E-state index < -0.39 is 0 Å². The second-order valence-corrected chi connectivity index (χ2v) is 6.56. The number of Topliss-reactive ketones (excluding diaryl/α,β-unsaturated/α-hetero) is 1. The molecular weight excluding hydrogens is 360 g/mol. The molecule has 3 aromatic carbocycles. The summed E-state index contributed by atoms with van der Waals surface area (Å²) in [7, 11) is 1.61. The first-order chi connectivity index (χ1) is 14.2. The van der Waals surface area contributed by atoms with Crippen molar-refractivity contribution in [3.05, 3.63) is 95.6 Å². The number of hydrogen-bond donors (Lipinski definition) is 1. The molecule has 1 heterocycles. The minimum Gasteiger partial charge on any atom is -0.497 e. The maximum atomic E-state index is 12.9. The van der Waals surface area contributed by atoms with Crippen LogP contribution in [0, 0.1) is 11.3 Å². The van der Waals surface area contributed by atoms with Crippen molar-refractivity contribution in [2.45, 2.75) is 0 Å². The first kappa shape index (κ1) is 18.3. The number of aromatic amines is 1. The highest BCUT2D eigenvalue weighted by atomic mass is 16.5. The summed E-state index contributed by atoms with van der Waals surface area (Å²) in [6, 6.07) is 26.5. The average Bonchev–Trinajstić information content (AvgIpc) is 3.15. The summed E-state index contributed by atoms with van der Waals surface area (Å²) in [5, 5.41) is 10.6. The average molecular weight is 378 g/mol. The van der Waals surface area contributed by atoms with Crippen LogP contribution in [0.2, 0.25) is 0 Å². The number of nitrogens with one attached hydrogen (secondary N) is 1. The summed E-state index contributed by atoms with van der Waals surface area (Å²) in [6.07, 6.45) is 1.66. The van der Waals surface area contributed by atoms with Crippen molar-refractivity contribution in [2.75, 3.05) is 7.11 Å². The molecule has 0 spiro atoms. The number of methoxy groups -OCH3 is 1. The van der Waals surface area contributed by atoms with Gasteiger partial charge in [0.2, 0.25) is 5.78 Å². The Labute approximate surface area is 168 Å². The molecule has 4 heteroatoms. The van der Waals surface area contributed by atoms with E-state index in [9.17, 15) is 10.1 Å². The van der Waals surface area contributed by atoms with Gasteiger partial charge in [0.05, 0.1) is 12.8 Å². The fourth-order valence-corrected chi connectivity index (χ4v) is 3.34. The molecule has 0 aliphatic rings. The van der Waals surface area contributed by atoms with Gasteiger partial charge in [-0.2, -0.15) is 5.26 Å². The number of fused-ring (bicyclic) bond motifs is 1. The van der Waals surface area contributed by atoms with Gasteiger partial charge in [0, 0.05) is 22.0 Å². The molecule has 140 valence electrons. The number of aromatic nitrogens is 1. The van der Waals surface area contributed by atoms with Gasteiger partial charge in [-0.1, -0.05) is 60.7 Å². The van der Waals surface area contributed by atoms with Crippen molar-refractivity contribution in [1.29, 1.82) is 5.26 Å².